The Balaban J connectivity index is 2.21. The maximum absolute atomic E-state index is 10.0. The van der Waals surface area contributed by atoms with Gasteiger partial charge in [0.15, 0.2) is 0 Å². The summed E-state index contributed by atoms with van der Waals surface area (Å²) in [5.74, 6) is 0.716. The zero-order chi connectivity index (χ0) is 11.5. The lowest BCUT2D eigenvalue weighted by Gasteiger charge is -2.27. The molecule has 0 spiro atoms. The van der Waals surface area contributed by atoms with E-state index in [1.54, 1.807) is 0 Å². The van der Waals surface area contributed by atoms with Crippen LogP contribution >= 0.6 is 0 Å². The number of nitrogens with zero attached hydrogens (tertiary/aromatic N) is 1. The second-order valence-corrected chi connectivity index (χ2v) is 5.10. The summed E-state index contributed by atoms with van der Waals surface area (Å²) in [7, 11) is 0. The van der Waals surface area contributed by atoms with Crippen molar-refractivity contribution >= 4 is 0 Å². The molecule has 0 aromatic carbocycles. The number of hydrogen-bond acceptors (Lipinski definition) is 2. The van der Waals surface area contributed by atoms with Crippen molar-refractivity contribution in [3.63, 3.8) is 0 Å². The lowest BCUT2D eigenvalue weighted by atomic mass is 9.84. The second kappa shape index (κ2) is 4.96. The Hall–Kier alpha value is -0.890. The molecule has 88 valence electrons. The van der Waals surface area contributed by atoms with Crippen LogP contribution in [0.15, 0.2) is 18.2 Å². The first kappa shape index (κ1) is 11.6. The summed E-state index contributed by atoms with van der Waals surface area (Å²) in [6, 6.07) is 6.20. The van der Waals surface area contributed by atoms with E-state index < -0.39 is 0 Å². The van der Waals surface area contributed by atoms with Crippen LogP contribution in [0, 0.1) is 0 Å². The van der Waals surface area contributed by atoms with Gasteiger partial charge in [-0.2, -0.15) is 0 Å². The molecule has 0 bridgehead atoms. The summed E-state index contributed by atoms with van der Waals surface area (Å²) >= 11 is 0. The van der Waals surface area contributed by atoms with Gasteiger partial charge < -0.3 is 5.11 Å². The van der Waals surface area contributed by atoms with Crippen LogP contribution in [-0.2, 0) is 0 Å². The maximum Gasteiger partial charge on any atom is 0.0623 e. The van der Waals surface area contributed by atoms with Crippen LogP contribution in [0.2, 0.25) is 0 Å². The van der Waals surface area contributed by atoms with E-state index in [0.29, 0.717) is 5.92 Å². The van der Waals surface area contributed by atoms with Gasteiger partial charge in [0, 0.05) is 17.3 Å². The largest absolute Gasteiger partial charge is 0.392 e. The molecule has 0 aliphatic heterocycles. The van der Waals surface area contributed by atoms with Crippen LogP contribution in [-0.4, -0.2) is 16.2 Å². The lowest BCUT2D eigenvalue weighted by molar-refractivity contribution is 0.104. The van der Waals surface area contributed by atoms with Crippen molar-refractivity contribution < 1.29 is 5.11 Å². The predicted octanol–water partition coefficient (Wildman–Crippen LogP) is 3.22. The van der Waals surface area contributed by atoms with Gasteiger partial charge >= 0.3 is 0 Å². The number of aliphatic hydroxyl groups excluding tert-OH is 1. The van der Waals surface area contributed by atoms with Crippen molar-refractivity contribution in [2.45, 2.75) is 57.5 Å². The summed E-state index contributed by atoms with van der Waals surface area (Å²) < 4.78 is 0. The Labute approximate surface area is 97.7 Å². The highest BCUT2D eigenvalue weighted by molar-refractivity contribution is 5.18. The smallest absolute Gasteiger partial charge is 0.0623 e. The van der Waals surface area contributed by atoms with Gasteiger partial charge in [-0.1, -0.05) is 32.8 Å². The third-order valence-electron chi connectivity index (χ3n) is 3.49. The van der Waals surface area contributed by atoms with Gasteiger partial charge in [-0.05, 0) is 30.9 Å². The fourth-order valence-corrected chi connectivity index (χ4v) is 2.45. The number of pyridine rings is 1. The number of aromatic nitrogens is 1. The van der Waals surface area contributed by atoms with Crippen molar-refractivity contribution in [2.75, 3.05) is 0 Å². The normalized spacial score (nSPS) is 26.0. The van der Waals surface area contributed by atoms with Crippen LogP contribution in [0.5, 0.6) is 0 Å². The van der Waals surface area contributed by atoms with Crippen molar-refractivity contribution in [3.8, 4) is 0 Å². The Morgan fingerprint density at radius 3 is 2.69 bits per heavy atom. The van der Waals surface area contributed by atoms with Crippen LogP contribution in [0.1, 0.15) is 62.8 Å². The third kappa shape index (κ3) is 2.43. The Bertz CT molecular complexity index is 348. The third-order valence-corrected chi connectivity index (χ3v) is 3.49. The van der Waals surface area contributed by atoms with E-state index in [2.05, 4.69) is 37.0 Å². The minimum absolute atomic E-state index is 0.191. The van der Waals surface area contributed by atoms with Crippen LogP contribution in [0.3, 0.4) is 0 Å². The van der Waals surface area contributed by atoms with Gasteiger partial charge in [0.25, 0.3) is 0 Å². The summed E-state index contributed by atoms with van der Waals surface area (Å²) in [4.78, 5) is 4.69. The van der Waals surface area contributed by atoms with Crippen molar-refractivity contribution in [2.24, 2.45) is 0 Å². The molecular weight excluding hydrogens is 198 g/mol. The van der Waals surface area contributed by atoms with E-state index in [-0.39, 0.29) is 12.0 Å². The van der Waals surface area contributed by atoms with Crippen molar-refractivity contribution in [3.05, 3.63) is 29.6 Å². The van der Waals surface area contributed by atoms with Crippen molar-refractivity contribution in [1.82, 2.24) is 4.98 Å². The molecule has 1 aromatic rings. The highest BCUT2D eigenvalue weighted by Crippen LogP contribution is 2.32. The van der Waals surface area contributed by atoms with Crippen molar-refractivity contribution in [1.29, 1.82) is 0 Å². The standard InChI is InChI=1S/C14H21NO/c1-10(2)12-7-5-8-13(15-12)11-6-3-4-9-14(11)16/h5,7-8,10-11,14,16H,3-4,6,9H2,1-2H3/t11-,14+/m1/s1. The fourth-order valence-electron chi connectivity index (χ4n) is 2.45. The molecule has 0 radical (unpaired) electrons. The molecule has 2 rings (SSSR count). The molecule has 1 aromatic heterocycles. The molecule has 1 heterocycles. The molecular formula is C14H21NO. The van der Waals surface area contributed by atoms with Crippen LogP contribution in [0.4, 0.5) is 0 Å². The summed E-state index contributed by atoms with van der Waals surface area (Å²) in [5.41, 5.74) is 2.22. The molecule has 1 fully saturated rings. The van der Waals surface area contributed by atoms with E-state index in [4.69, 9.17) is 0 Å². The minimum atomic E-state index is -0.191. The molecule has 1 aliphatic carbocycles. The highest BCUT2D eigenvalue weighted by atomic mass is 16.3. The monoisotopic (exact) mass is 219 g/mol. The second-order valence-electron chi connectivity index (χ2n) is 5.10. The lowest BCUT2D eigenvalue weighted by Crippen LogP contribution is -2.23. The highest BCUT2D eigenvalue weighted by Gasteiger charge is 2.25. The minimum Gasteiger partial charge on any atom is -0.392 e. The van der Waals surface area contributed by atoms with E-state index in [1.807, 2.05) is 0 Å². The Kier molecular flexibility index (Phi) is 3.59. The molecule has 0 unspecified atom stereocenters. The van der Waals surface area contributed by atoms with E-state index in [1.165, 1.54) is 6.42 Å². The Morgan fingerprint density at radius 2 is 2.00 bits per heavy atom. The number of rotatable bonds is 2. The fraction of sp³-hybridized carbons (Fsp3) is 0.643. The quantitative estimate of drug-likeness (QED) is 0.828. The van der Waals surface area contributed by atoms with Gasteiger partial charge in [-0.15, -0.1) is 0 Å². The first-order valence-electron chi connectivity index (χ1n) is 6.33. The maximum atomic E-state index is 10.0. The molecule has 0 saturated heterocycles. The van der Waals surface area contributed by atoms with Gasteiger partial charge in [-0.25, -0.2) is 0 Å². The van der Waals surface area contributed by atoms with Gasteiger partial charge in [0.1, 0.15) is 0 Å². The molecule has 1 N–H and O–H groups in total. The molecule has 2 atom stereocenters. The average molecular weight is 219 g/mol. The number of aliphatic hydroxyl groups is 1. The zero-order valence-corrected chi connectivity index (χ0v) is 10.2. The first-order chi connectivity index (χ1) is 7.68. The molecule has 16 heavy (non-hydrogen) atoms. The van der Waals surface area contributed by atoms with E-state index >= 15 is 0 Å². The van der Waals surface area contributed by atoms with Gasteiger partial charge in [-0.3, -0.25) is 4.98 Å². The molecule has 2 nitrogen and oxygen atoms in total. The topological polar surface area (TPSA) is 33.1 Å². The van der Waals surface area contributed by atoms with Crippen LogP contribution < -0.4 is 0 Å². The molecule has 2 heteroatoms. The Morgan fingerprint density at radius 1 is 1.25 bits per heavy atom. The first-order valence-corrected chi connectivity index (χ1v) is 6.33. The van der Waals surface area contributed by atoms with Gasteiger partial charge in [0.05, 0.1) is 6.10 Å². The average Bonchev–Trinajstić information content (AvgIpc) is 2.30. The van der Waals surface area contributed by atoms with E-state index in [0.717, 1.165) is 30.7 Å². The SMILES string of the molecule is CC(C)c1cccc([C@H]2CCCC[C@@H]2O)n1. The number of hydrogen-bond donors (Lipinski definition) is 1. The molecule has 0 amide bonds. The predicted molar refractivity (Wildman–Crippen MR) is 65.5 cm³/mol. The van der Waals surface area contributed by atoms with E-state index in [9.17, 15) is 5.11 Å². The molecule has 1 aliphatic rings. The summed E-state index contributed by atoms with van der Waals surface area (Å²) in [6.45, 7) is 4.31. The summed E-state index contributed by atoms with van der Waals surface area (Å²) in [5, 5.41) is 10.0. The summed E-state index contributed by atoms with van der Waals surface area (Å²) in [6.07, 6.45) is 4.19. The van der Waals surface area contributed by atoms with Crippen LogP contribution in [0.25, 0.3) is 0 Å². The molecule has 1 saturated carbocycles. The van der Waals surface area contributed by atoms with Gasteiger partial charge in [0.2, 0.25) is 0 Å². The zero-order valence-electron chi connectivity index (χ0n) is 10.2.